The number of nitrogens with one attached hydrogen (secondary N) is 1. The van der Waals surface area contributed by atoms with Crippen molar-refractivity contribution in [1.82, 2.24) is 9.97 Å². The second-order valence-corrected chi connectivity index (χ2v) is 6.10. The number of nitrogens with zero attached hydrogens (tertiary/aromatic N) is 3. The predicted molar refractivity (Wildman–Crippen MR) is 100 cm³/mol. The minimum Gasteiger partial charge on any atom is -0.355 e. The van der Waals surface area contributed by atoms with Gasteiger partial charge >= 0.3 is 0 Å². The summed E-state index contributed by atoms with van der Waals surface area (Å²) in [5.74, 6) is 1.59. The summed E-state index contributed by atoms with van der Waals surface area (Å²) in [6, 6.07) is 18.1. The second-order valence-electron chi connectivity index (χ2n) is 5.69. The Morgan fingerprint density at radius 3 is 2.58 bits per heavy atom. The summed E-state index contributed by atoms with van der Waals surface area (Å²) in [5.41, 5.74) is 3.19. The van der Waals surface area contributed by atoms with Gasteiger partial charge in [0.15, 0.2) is 0 Å². The highest BCUT2D eigenvalue weighted by Gasteiger charge is 2.06. The van der Waals surface area contributed by atoms with E-state index in [-0.39, 0.29) is 0 Å². The molecule has 1 N–H and O–H groups in total. The fraction of sp³-hybridized carbons (Fsp3) is 0.158. The molecule has 0 aliphatic carbocycles. The molecule has 24 heavy (non-hydrogen) atoms. The number of aromatic nitrogens is 2. The zero-order chi connectivity index (χ0) is 16.9. The fourth-order valence-corrected chi connectivity index (χ4v) is 2.56. The number of anilines is 3. The van der Waals surface area contributed by atoms with Crippen molar-refractivity contribution in [3.8, 4) is 0 Å². The van der Waals surface area contributed by atoms with Gasteiger partial charge in [-0.25, -0.2) is 9.97 Å². The maximum atomic E-state index is 6.17. The predicted octanol–water partition coefficient (Wildman–Crippen LogP) is 4.82. The van der Waals surface area contributed by atoms with Gasteiger partial charge in [-0.1, -0.05) is 48.0 Å². The average molecular weight is 339 g/mol. The summed E-state index contributed by atoms with van der Waals surface area (Å²) in [6.45, 7) is 2.76. The molecular formula is C19H19ClN4. The molecule has 0 bridgehead atoms. The van der Waals surface area contributed by atoms with Crippen molar-refractivity contribution < 1.29 is 0 Å². The fourth-order valence-electron chi connectivity index (χ4n) is 2.38. The molecule has 0 spiro atoms. The topological polar surface area (TPSA) is 41.0 Å². The minimum absolute atomic E-state index is 0.732. The number of halogens is 1. The molecule has 0 atom stereocenters. The van der Waals surface area contributed by atoms with E-state index in [2.05, 4.69) is 32.3 Å². The van der Waals surface area contributed by atoms with Gasteiger partial charge in [-0.2, -0.15) is 0 Å². The maximum absolute atomic E-state index is 6.17. The van der Waals surface area contributed by atoms with Crippen LogP contribution in [0.15, 0.2) is 60.9 Å². The van der Waals surface area contributed by atoms with Crippen LogP contribution in [-0.2, 0) is 6.54 Å². The smallest absolute Gasteiger partial charge is 0.135 e. The van der Waals surface area contributed by atoms with Gasteiger partial charge in [0.2, 0.25) is 0 Å². The van der Waals surface area contributed by atoms with Crippen LogP contribution in [0.1, 0.15) is 11.1 Å². The molecule has 122 valence electrons. The highest BCUT2D eigenvalue weighted by atomic mass is 35.5. The summed E-state index contributed by atoms with van der Waals surface area (Å²) in [6.07, 6.45) is 1.56. The number of rotatable bonds is 5. The van der Waals surface area contributed by atoms with Crippen molar-refractivity contribution >= 4 is 28.9 Å². The van der Waals surface area contributed by atoms with Crippen molar-refractivity contribution in [3.63, 3.8) is 0 Å². The number of aryl methyl sites for hydroxylation is 1. The zero-order valence-electron chi connectivity index (χ0n) is 13.7. The largest absolute Gasteiger partial charge is 0.355 e. The lowest BCUT2D eigenvalue weighted by atomic mass is 10.2. The number of benzene rings is 2. The molecule has 2 aromatic carbocycles. The van der Waals surface area contributed by atoms with Crippen LogP contribution in [0.4, 0.5) is 17.3 Å². The van der Waals surface area contributed by atoms with Gasteiger partial charge in [0, 0.05) is 30.4 Å². The van der Waals surface area contributed by atoms with Crippen molar-refractivity contribution in [2.24, 2.45) is 0 Å². The van der Waals surface area contributed by atoms with Gasteiger partial charge in [-0.3, -0.25) is 0 Å². The van der Waals surface area contributed by atoms with Crippen LogP contribution in [0.3, 0.4) is 0 Å². The molecule has 4 nitrogen and oxygen atoms in total. The summed E-state index contributed by atoms with van der Waals surface area (Å²) >= 11 is 6.17. The van der Waals surface area contributed by atoms with E-state index in [4.69, 9.17) is 11.6 Å². The molecular weight excluding hydrogens is 320 g/mol. The van der Waals surface area contributed by atoms with Crippen LogP contribution < -0.4 is 10.2 Å². The molecule has 0 saturated heterocycles. The standard InChI is InChI=1S/C19H19ClN4/c1-14-8-9-16(10-17(14)20)23-18-11-19(22-13-21-18)24(2)12-15-6-4-3-5-7-15/h3-11,13H,12H2,1-2H3,(H,21,22,23). The normalized spacial score (nSPS) is 10.5. The molecule has 0 saturated carbocycles. The molecule has 0 radical (unpaired) electrons. The van der Waals surface area contributed by atoms with Crippen LogP contribution in [-0.4, -0.2) is 17.0 Å². The highest BCUT2D eigenvalue weighted by molar-refractivity contribution is 6.31. The number of hydrogen-bond donors (Lipinski definition) is 1. The van der Waals surface area contributed by atoms with E-state index in [1.54, 1.807) is 6.33 Å². The van der Waals surface area contributed by atoms with E-state index in [0.29, 0.717) is 0 Å². The van der Waals surface area contributed by atoms with E-state index >= 15 is 0 Å². The third-order valence-electron chi connectivity index (χ3n) is 3.75. The van der Waals surface area contributed by atoms with E-state index in [1.165, 1.54) is 5.56 Å². The SMILES string of the molecule is Cc1ccc(Nc2cc(N(C)Cc3ccccc3)ncn2)cc1Cl. The van der Waals surface area contributed by atoms with Gasteiger partial charge < -0.3 is 10.2 Å². The Morgan fingerprint density at radius 1 is 1.04 bits per heavy atom. The van der Waals surface area contributed by atoms with Crippen LogP contribution in [0.2, 0.25) is 5.02 Å². The monoisotopic (exact) mass is 338 g/mol. The van der Waals surface area contributed by atoms with E-state index in [1.807, 2.05) is 56.4 Å². The highest BCUT2D eigenvalue weighted by Crippen LogP contribution is 2.23. The first-order chi connectivity index (χ1) is 11.6. The Kier molecular flexibility index (Phi) is 4.96. The van der Waals surface area contributed by atoms with E-state index in [9.17, 15) is 0 Å². The average Bonchev–Trinajstić information content (AvgIpc) is 2.59. The third-order valence-corrected chi connectivity index (χ3v) is 4.16. The molecule has 0 fully saturated rings. The Balaban J connectivity index is 1.74. The Bertz CT molecular complexity index is 821. The first kappa shape index (κ1) is 16.3. The summed E-state index contributed by atoms with van der Waals surface area (Å²) < 4.78 is 0. The van der Waals surface area contributed by atoms with Gasteiger partial charge in [-0.15, -0.1) is 0 Å². The molecule has 0 aliphatic rings. The molecule has 5 heteroatoms. The minimum atomic E-state index is 0.732. The molecule has 1 heterocycles. The van der Waals surface area contributed by atoms with Crippen molar-refractivity contribution in [2.45, 2.75) is 13.5 Å². The first-order valence-corrected chi connectivity index (χ1v) is 8.10. The Hall–Kier alpha value is -2.59. The molecule has 3 rings (SSSR count). The maximum Gasteiger partial charge on any atom is 0.135 e. The van der Waals surface area contributed by atoms with E-state index in [0.717, 1.165) is 34.5 Å². The van der Waals surface area contributed by atoms with Crippen molar-refractivity contribution in [3.05, 3.63) is 77.1 Å². The van der Waals surface area contributed by atoms with Crippen LogP contribution in [0.25, 0.3) is 0 Å². The third kappa shape index (κ3) is 4.03. The Morgan fingerprint density at radius 2 is 1.83 bits per heavy atom. The number of hydrogen-bond acceptors (Lipinski definition) is 4. The van der Waals surface area contributed by atoms with Gasteiger partial charge in [0.05, 0.1) is 0 Å². The first-order valence-electron chi connectivity index (χ1n) is 7.72. The molecule has 0 amide bonds. The molecule has 3 aromatic rings. The van der Waals surface area contributed by atoms with Gasteiger partial charge in [0.1, 0.15) is 18.0 Å². The quantitative estimate of drug-likeness (QED) is 0.724. The lowest BCUT2D eigenvalue weighted by Gasteiger charge is -2.18. The summed E-state index contributed by atoms with van der Waals surface area (Å²) in [4.78, 5) is 10.7. The second kappa shape index (κ2) is 7.32. The van der Waals surface area contributed by atoms with Gasteiger partial charge in [-0.05, 0) is 30.2 Å². The molecule has 0 aliphatic heterocycles. The lowest BCUT2D eigenvalue weighted by Crippen LogP contribution is -2.17. The summed E-state index contributed by atoms with van der Waals surface area (Å²) in [7, 11) is 2.02. The van der Waals surface area contributed by atoms with Gasteiger partial charge in [0.25, 0.3) is 0 Å². The summed E-state index contributed by atoms with van der Waals surface area (Å²) in [5, 5.41) is 4.00. The zero-order valence-corrected chi connectivity index (χ0v) is 14.5. The van der Waals surface area contributed by atoms with Crippen LogP contribution in [0.5, 0.6) is 0 Å². The van der Waals surface area contributed by atoms with Crippen LogP contribution in [0, 0.1) is 6.92 Å². The lowest BCUT2D eigenvalue weighted by molar-refractivity contribution is 0.892. The molecule has 1 aromatic heterocycles. The van der Waals surface area contributed by atoms with Crippen molar-refractivity contribution in [2.75, 3.05) is 17.3 Å². The Labute approximate surface area is 147 Å². The van der Waals surface area contributed by atoms with Crippen molar-refractivity contribution in [1.29, 1.82) is 0 Å². The van der Waals surface area contributed by atoms with E-state index < -0.39 is 0 Å². The molecule has 0 unspecified atom stereocenters. The van der Waals surface area contributed by atoms with Crippen LogP contribution >= 0.6 is 11.6 Å².